The first-order valence-electron chi connectivity index (χ1n) is 9.84. The van der Waals surface area contributed by atoms with E-state index in [0.717, 1.165) is 0 Å². The molecular formula is C23H27ClO2Si. The Balaban J connectivity index is 1.51. The molecule has 27 heavy (non-hydrogen) atoms. The molecule has 0 atom stereocenters. The average Bonchev–Trinajstić information content (AvgIpc) is 2.70. The second kappa shape index (κ2) is 9.91. The molecule has 0 unspecified atom stereocenters. The first kappa shape index (κ1) is 19.9. The molecule has 2 aromatic rings. The summed E-state index contributed by atoms with van der Waals surface area (Å²) in [5.74, 6) is 0.894. The number of carbonyl (C=O) groups excluding carboxylic acids is 1. The van der Waals surface area contributed by atoms with Crippen molar-refractivity contribution in [2.24, 2.45) is 0 Å². The minimum absolute atomic E-state index is 0.356. The highest BCUT2D eigenvalue weighted by Gasteiger charge is 2.23. The van der Waals surface area contributed by atoms with Crippen molar-refractivity contribution in [1.29, 1.82) is 0 Å². The van der Waals surface area contributed by atoms with Crippen LogP contribution in [0.3, 0.4) is 0 Å². The zero-order chi connectivity index (χ0) is 19.1. The fourth-order valence-corrected chi connectivity index (χ4v) is 7.45. The van der Waals surface area contributed by atoms with Crippen LogP contribution in [-0.2, 0) is 0 Å². The van der Waals surface area contributed by atoms with Crippen molar-refractivity contribution in [3.8, 4) is 5.75 Å². The van der Waals surface area contributed by atoms with Crippen LogP contribution in [0, 0.1) is 0 Å². The third kappa shape index (κ3) is 5.82. The van der Waals surface area contributed by atoms with E-state index in [1.807, 2.05) is 18.2 Å². The van der Waals surface area contributed by atoms with Crippen LogP contribution in [0.25, 0.3) is 0 Å². The highest BCUT2D eigenvalue weighted by atomic mass is 35.5. The van der Waals surface area contributed by atoms with Crippen molar-refractivity contribution in [2.45, 2.75) is 49.7 Å². The van der Waals surface area contributed by atoms with Gasteiger partial charge in [-0.15, -0.1) is 6.58 Å². The Hall–Kier alpha value is -1.84. The Bertz CT molecular complexity index is 747. The Morgan fingerprint density at radius 2 is 1.78 bits per heavy atom. The lowest BCUT2D eigenvalue weighted by atomic mass is 9.93. The van der Waals surface area contributed by atoms with E-state index in [-0.39, 0.29) is 5.97 Å². The molecule has 0 bridgehead atoms. The first-order chi connectivity index (χ1) is 13.2. The van der Waals surface area contributed by atoms with Gasteiger partial charge in [0, 0.05) is 13.8 Å². The number of esters is 1. The molecule has 1 aliphatic heterocycles. The van der Waals surface area contributed by atoms with Crippen LogP contribution in [0.15, 0.2) is 61.2 Å². The third-order valence-corrected chi connectivity index (χ3v) is 9.29. The van der Waals surface area contributed by atoms with E-state index in [0.29, 0.717) is 22.3 Å². The van der Waals surface area contributed by atoms with E-state index in [1.54, 1.807) is 24.3 Å². The number of rotatable bonds is 7. The van der Waals surface area contributed by atoms with E-state index >= 15 is 0 Å². The largest absolute Gasteiger partial charge is 0.423 e. The number of halogens is 1. The molecule has 1 heterocycles. The fourth-order valence-electron chi connectivity index (χ4n) is 3.90. The quantitative estimate of drug-likeness (QED) is 0.172. The normalized spacial score (nSPS) is 19.4. The first-order valence-corrected chi connectivity index (χ1v) is 12.7. The van der Waals surface area contributed by atoms with Crippen LogP contribution in [0.1, 0.15) is 47.5 Å². The monoisotopic (exact) mass is 398 g/mol. The molecule has 0 N–H and O–H groups in total. The van der Waals surface area contributed by atoms with Gasteiger partial charge in [0.1, 0.15) is 5.75 Å². The van der Waals surface area contributed by atoms with E-state index in [9.17, 15) is 4.79 Å². The fraction of sp³-hybridized carbons (Fsp3) is 0.348. The topological polar surface area (TPSA) is 26.3 Å². The summed E-state index contributed by atoms with van der Waals surface area (Å²) in [5.41, 5.74) is 1.88. The molecule has 0 aromatic heterocycles. The molecule has 0 amide bonds. The molecule has 1 aliphatic rings. The lowest BCUT2D eigenvalue weighted by molar-refractivity contribution is 0.0734. The third-order valence-electron chi connectivity index (χ3n) is 5.51. The Morgan fingerprint density at radius 1 is 1.11 bits per heavy atom. The molecular weight excluding hydrogens is 372 g/mol. The number of hydrogen-bond donors (Lipinski definition) is 0. The van der Waals surface area contributed by atoms with Gasteiger partial charge in [-0.25, -0.2) is 4.79 Å². The smallest absolute Gasteiger partial charge is 0.343 e. The molecule has 2 aromatic carbocycles. The van der Waals surface area contributed by atoms with Gasteiger partial charge >= 0.3 is 5.97 Å². The van der Waals surface area contributed by atoms with Crippen molar-refractivity contribution >= 4 is 26.4 Å². The molecule has 2 nitrogen and oxygen atoms in total. The zero-order valence-electron chi connectivity index (χ0n) is 15.7. The van der Waals surface area contributed by atoms with Crippen LogP contribution >= 0.6 is 11.6 Å². The van der Waals surface area contributed by atoms with Crippen LogP contribution in [0.2, 0.25) is 23.2 Å². The maximum absolute atomic E-state index is 12.2. The van der Waals surface area contributed by atoms with Gasteiger partial charge in [-0.1, -0.05) is 54.4 Å². The number of carbonyl (C=O) groups is 1. The lowest BCUT2D eigenvalue weighted by Crippen LogP contribution is -2.20. The molecule has 0 saturated carbocycles. The van der Waals surface area contributed by atoms with E-state index < -0.39 is 8.80 Å². The van der Waals surface area contributed by atoms with Crippen molar-refractivity contribution in [1.82, 2.24) is 0 Å². The van der Waals surface area contributed by atoms with Crippen molar-refractivity contribution in [3.63, 3.8) is 0 Å². The summed E-state index contributed by atoms with van der Waals surface area (Å²) in [6.07, 6.45) is 7.17. The summed E-state index contributed by atoms with van der Waals surface area (Å²) in [6.45, 7) is 3.82. The van der Waals surface area contributed by atoms with Gasteiger partial charge in [0.25, 0.3) is 0 Å². The van der Waals surface area contributed by atoms with E-state index in [2.05, 4.69) is 18.7 Å². The molecule has 4 heteroatoms. The van der Waals surface area contributed by atoms with Gasteiger partial charge in [0.2, 0.25) is 0 Å². The van der Waals surface area contributed by atoms with E-state index in [1.165, 1.54) is 49.4 Å². The number of ether oxygens (including phenoxy) is 1. The van der Waals surface area contributed by atoms with Gasteiger partial charge in [0.15, 0.2) is 0 Å². The van der Waals surface area contributed by atoms with Crippen molar-refractivity contribution in [3.05, 3.63) is 77.3 Å². The van der Waals surface area contributed by atoms with Crippen LogP contribution in [-0.4, -0.2) is 14.8 Å². The predicted molar refractivity (Wildman–Crippen MR) is 116 cm³/mol. The number of benzene rings is 2. The van der Waals surface area contributed by atoms with E-state index in [4.69, 9.17) is 16.3 Å². The standard InChI is InChI=1S/C23H27ClO2Si/c1-2-3-4-15-27-16-13-19(14-17-27)18-7-11-22(12-8-18)26-23(25)20-5-9-21(24)10-6-20/h2,5-12,19,27H,1,3-4,13-17H2/t19-,27-. The summed E-state index contributed by atoms with van der Waals surface area (Å²) < 4.78 is 5.47. The summed E-state index contributed by atoms with van der Waals surface area (Å²) in [7, 11) is -0.514. The highest BCUT2D eigenvalue weighted by molar-refractivity contribution is 6.59. The van der Waals surface area contributed by atoms with Gasteiger partial charge in [-0.05, 0) is 67.1 Å². The van der Waals surface area contributed by atoms with Gasteiger partial charge < -0.3 is 4.74 Å². The SMILES string of the molecule is C=CCCC[Si@H]1CC[C@H](c2ccc(OC(=O)c3ccc(Cl)cc3)cc2)CC1. The number of hydrogen-bond acceptors (Lipinski definition) is 2. The predicted octanol–water partition coefficient (Wildman–Crippen LogP) is 6.63. The van der Waals surface area contributed by atoms with Crippen LogP contribution < -0.4 is 4.74 Å². The van der Waals surface area contributed by atoms with Gasteiger partial charge in [-0.3, -0.25) is 0 Å². The summed E-state index contributed by atoms with van der Waals surface area (Å²) in [4.78, 5) is 12.2. The van der Waals surface area contributed by atoms with Crippen LogP contribution in [0.4, 0.5) is 0 Å². The molecule has 3 rings (SSSR count). The Kier molecular flexibility index (Phi) is 7.31. The molecule has 0 aliphatic carbocycles. The summed E-state index contributed by atoms with van der Waals surface area (Å²) in [5, 5.41) is 0.606. The lowest BCUT2D eigenvalue weighted by Gasteiger charge is -2.28. The molecule has 0 spiro atoms. The maximum Gasteiger partial charge on any atom is 0.343 e. The average molecular weight is 399 g/mol. The second-order valence-corrected chi connectivity index (χ2v) is 11.3. The molecule has 142 valence electrons. The Morgan fingerprint density at radius 3 is 2.41 bits per heavy atom. The Labute approximate surface area is 168 Å². The summed E-state index contributed by atoms with van der Waals surface area (Å²) in [6, 6.07) is 19.2. The van der Waals surface area contributed by atoms with Crippen LogP contribution in [0.5, 0.6) is 5.75 Å². The molecule has 1 saturated heterocycles. The maximum atomic E-state index is 12.2. The molecule has 0 radical (unpaired) electrons. The highest BCUT2D eigenvalue weighted by Crippen LogP contribution is 2.35. The number of unbranched alkanes of at least 4 members (excludes halogenated alkanes) is 1. The second-order valence-electron chi connectivity index (χ2n) is 7.40. The van der Waals surface area contributed by atoms with Gasteiger partial charge in [-0.2, -0.15) is 0 Å². The van der Waals surface area contributed by atoms with Gasteiger partial charge in [0.05, 0.1) is 5.56 Å². The minimum atomic E-state index is -0.514. The number of allylic oxidation sites excluding steroid dienone is 1. The minimum Gasteiger partial charge on any atom is -0.423 e. The molecule has 1 fully saturated rings. The zero-order valence-corrected chi connectivity index (χ0v) is 17.6. The van der Waals surface area contributed by atoms with Crippen molar-refractivity contribution in [2.75, 3.05) is 0 Å². The summed E-state index contributed by atoms with van der Waals surface area (Å²) >= 11 is 5.85. The van der Waals surface area contributed by atoms with Crippen molar-refractivity contribution < 1.29 is 9.53 Å².